The Kier molecular flexibility index (Phi) is 4.10. The summed E-state index contributed by atoms with van der Waals surface area (Å²) in [6.07, 6.45) is 2.05. The van der Waals surface area contributed by atoms with Crippen LogP contribution in [0.25, 0.3) is 0 Å². The van der Waals surface area contributed by atoms with E-state index in [2.05, 4.69) is 25.6 Å². The number of anilines is 1. The van der Waals surface area contributed by atoms with Crippen molar-refractivity contribution in [1.29, 1.82) is 0 Å². The van der Waals surface area contributed by atoms with Crippen LogP contribution < -0.4 is 4.72 Å². The fourth-order valence-electron chi connectivity index (χ4n) is 1.78. The minimum atomic E-state index is -3.88. The Morgan fingerprint density at radius 1 is 1.20 bits per heavy atom. The zero-order valence-electron chi connectivity index (χ0n) is 10.8. The summed E-state index contributed by atoms with van der Waals surface area (Å²) in [6, 6.07) is 4.58. The molecule has 0 amide bonds. The molecule has 20 heavy (non-hydrogen) atoms. The molecule has 4 nitrogen and oxygen atoms in total. The van der Waals surface area contributed by atoms with E-state index in [4.69, 9.17) is 0 Å². The Bertz CT molecular complexity index is 740. The molecule has 0 aliphatic carbocycles. The molecule has 2 aromatic rings. The van der Waals surface area contributed by atoms with E-state index < -0.39 is 15.8 Å². The normalized spacial score (nSPS) is 11.4. The van der Waals surface area contributed by atoms with Gasteiger partial charge in [0.15, 0.2) is 0 Å². The monoisotopic (exact) mass is 358 g/mol. The number of nitrogens with zero attached hydrogens (tertiary/aromatic N) is 1. The number of aryl methyl sites for hydroxylation is 2. The SMILES string of the molecule is Cc1cc(C)c(NS(=O)(=O)c2cncc(F)c2)c(Br)c1. The summed E-state index contributed by atoms with van der Waals surface area (Å²) in [5.74, 6) is -0.701. The van der Waals surface area contributed by atoms with Crippen LogP contribution in [0.2, 0.25) is 0 Å². The van der Waals surface area contributed by atoms with Gasteiger partial charge in [-0.05, 0) is 53.0 Å². The molecule has 1 aromatic carbocycles. The smallest absolute Gasteiger partial charge is 0.263 e. The molecule has 0 atom stereocenters. The van der Waals surface area contributed by atoms with Crippen molar-refractivity contribution in [1.82, 2.24) is 4.98 Å². The molecule has 0 aliphatic heterocycles. The van der Waals surface area contributed by atoms with E-state index >= 15 is 0 Å². The first-order valence-corrected chi connectivity index (χ1v) is 7.97. The third-order valence-electron chi connectivity index (χ3n) is 2.66. The van der Waals surface area contributed by atoms with E-state index in [-0.39, 0.29) is 4.90 Å². The summed E-state index contributed by atoms with van der Waals surface area (Å²) in [7, 11) is -3.88. The molecule has 0 fully saturated rings. The van der Waals surface area contributed by atoms with Crippen LogP contribution in [0.3, 0.4) is 0 Å². The summed E-state index contributed by atoms with van der Waals surface area (Å²) < 4.78 is 40.6. The van der Waals surface area contributed by atoms with E-state index in [0.29, 0.717) is 10.2 Å². The standard InChI is InChI=1S/C13H12BrFN2O2S/c1-8-3-9(2)13(12(14)4-8)17-20(18,19)11-5-10(15)6-16-7-11/h3-7,17H,1-2H3. The summed E-state index contributed by atoms with van der Waals surface area (Å²) in [5, 5.41) is 0. The minimum absolute atomic E-state index is 0.218. The third kappa shape index (κ3) is 3.16. The van der Waals surface area contributed by atoms with Crippen LogP contribution in [0.4, 0.5) is 10.1 Å². The van der Waals surface area contributed by atoms with Gasteiger partial charge in [-0.3, -0.25) is 9.71 Å². The van der Waals surface area contributed by atoms with Crippen molar-refractivity contribution in [2.75, 3.05) is 4.72 Å². The Balaban J connectivity index is 2.44. The number of benzene rings is 1. The van der Waals surface area contributed by atoms with Crippen molar-refractivity contribution < 1.29 is 12.8 Å². The van der Waals surface area contributed by atoms with Crippen LogP contribution >= 0.6 is 15.9 Å². The number of sulfonamides is 1. The zero-order chi connectivity index (χ0) is 14.9. The van der Waals surface area contributed by atoms with E-state index in [1.54, 1.807) is 13.0 Å². The quantitative estimate of drug-likeness (QED) is 0.914. The number of nitrogens with one attached hydrogen (secondary N) is 1. The van der Waals surface area contributed by atoms with Crippen LogP contribution in [0.5, 0.6) is 0 Å². The van der Waals surface area contributed by atoms with Gasteiger partial charge in [0, 0.05) is 10.7 Å². The molecule has 0 spiro atoms. The maximum Gasteiger partial charge on any atom is 0.263 e. The first kappa shape index (κ1) is 14.9. The highest BCUT2D eigenvalue weighted by atomic mass is 79.9. The van der Waals surface area contributed by atoms with Crippen molar-refractivity contribution in [2.24, 2.45) is 0 Å². The van der Waals surface area contributed by atoms with Crippen molar-refractivity contribution >= 4 is 31.6 Å². The molecule has 0 bridgehead atoms. The topological polar surface area (TPSA) is 59.1 Å². The molecule has 1 N–H and O–H groups in total. The molecule has 0 saturated carbocycles. The van der Waals surface area contributed by atoms with Gasteiger partial charge < -0.3 is 0 Å². The van der Waals surface area contributed by atoms with Crippen LogP contribution in [0, 0.1) is 19.7 Å². The fraction of sp³-hybridized carbons (Fsp3) is 0.154. The average molecular weight is 359 g/mol. The molecular formula is C13H12BrFN2O2S. The van der Waals surface area contributed by atoms with Crippen molar-refractivity contribution in [3.63, 3.8) is 0 Å². The number of rotatable bonds is 3. The van der Waals surface area contributed by atoms with Gasteiger partial charge >= 0.3 is 0 Å². The number of hydrogen-bond acceptors (Lipinski definition) is 3. The van der Waals surface area contributed by atoms with Crippen LogP contribution in [0.15, 0.2) is 40.0 Å². The van der Waals surface area contributed by atoms with Crippen LogP contribution in [-0.2, 0) is 10.0 Å². The van der Waals surface area contributed by atoms with Crippen molar-refractivity contribution in [2.45, 2.75) is 18.7 Å². The first-order chi connectivity index (χ1) is 9.29. The van der Waals surface area contributed by atoms with Gasteiger partial charge in [0.05, 0.1) is 11.9 Å². The molecular weight excluding hydrogens is 347 g/mol. The van der Waals surface area contributed by atoms with Gasteiger partial charge in [-0.1, -0.05) is 6.07 Å². The van der Waals surface area contributed by atoms with Crippen LogP contribution in [0.1, 0.15) is 11.1 Å². The Morgan fingerprint density at radius 2 is 1.90 bits per heavy atom. The molecule has 0 radical (unpaired) electrons. The highest BCUT2D eigenvalue weighted by molar-refractivity contribution is 9.10. The molecule has 7 heteroatoms. The second-order valence-corrected chi connectivity index (χ2v) is 6.92. The maximum atomic E-state index is 13.1. The predicted octanol–water partition coefficient (Wildman–Crippen LogP) is 3.40. The number of aromatic nitrogens is 1. The fourth-order valence-corrected chi connectivity index (χ4v) is 3.81. The highest BCUT2D eigenvalue weighted by Gasteiger charge is 2.18. The van der Waals surface area contributed by atoms with Gasteiger partial charge in [0.1, 0.15) is 10.7 Å². The molecule has 2 rings (SSSR count). The third-order valence-corrected chi connectivity index (χ3v) is 4.60. The lowest BCUT2D eigenvalue weighted by Gasteiger charge is -2.13. The summed E-state index contributed by atoms with van der Waals surface area (Å²) in [5.41, 5.74) is 2.20. The van der Waals surface area contributed by atoms with E-state index in [1.807, 2.05) is 13.0 Å². The first-order valence-electron chi connectivity index (χ1n) is 5.70. The van der Waals surface area contributed by atoms with Gasteiger partial charge in [0.25, 0.3) is 10.0 Å². The second-order valence-electron chi connectivity index (χ2n) is 4.38. The van der Waals surface area contributed by atoms with Gasteiger partial charge in [0.2, 0.25) is 0 Å². The Morgan fingerprint density at radius 3 is 2.50 bits per heavy atom. The Hall–Kier alpha value is -1.47. The lowest BCUT2D eigenvalue weighted by atomic mass is 10.1. The minimum Gasteiger partial charge on any atom is -0.278 e. The Labute approximate surface area is 125 Å². The van der Waals surface area contributed by atoms with E-state index in [0.717, 1.165) is 29.6 Å². The molecule has 0 aliphatic rings. The van der Waals surface area contributed by atoms with Crippen molar-refractivity contribution in [3.8, 4) is 0 Å². The zero-order valence-corrected chi connectivity index (χ0v) is 13.2. The van der Waals surface area contributed by atoms with Gasteiger partial charge in [-0.15, -0.1) is 0 Å². The van der Waals surface area contributed by atoms with Gasteiger partial charge in [-0.2, -0.15) is 0 Å². The maximum absolute atomic E-state index is 13.1. The molecule has 0 unspecified atom stereocenters. The second kappa shape index (κ2) is 5.49. The van der Waals surface area contributed by atoms with Gasteiger partial charge in [-0.25, -0.2) is 12.8 Å². The van der Waals surface area contributed by atoms with E-state index in [9.17, 15) is 12.8 Å². The summed E-state index contributed by atoms with van der Waals surface area (Å²) in [4.78, 5) is 3.33. The average Bonchev–Trinajstić information content (AvgIpc) is 2.34. The van der Waals surface area contributed by atoms with Crippen molar-refractivity contribution in [3.05, 3.63) is 52.0 Å². The summed E-state index contributed by atoms with van der Waals surface area (Å²) >= 11 is 3.32. The molecule has 1 heterocycles. The van der Waals surface area contributed by atoms with Crippen LogP contribution in [-0.4, -0.2) is 13.4 Å². The lowest BCUT2D eigenvalue weighted by molar-refractivity contribution is 0.592. The number of halogens is 2. The highest BCUT2D eigenvalue weighted by Crippen LogP contribution is 2.29. The predicted molar refractivity (Wildman–Crippen MR) is 78.6 cm³/mol. The number of hydrogen-bond donors (Lipinski definition) is 1. The lowest BCUT2D eigenvalue weighted by Crippen LogP contribution is -2.14. The molecule has 0 saturated heterocycles. The summed E-state index contributed by atoms with van der Waals surface area (Å²) in [6.45, 7) is 3.70. The van der Waals surface area contributed by atoms with E-state index in [1.165, 1.54) is 0 Å². The largest absolute Gasteiger partial charge is 0.278 e. The molecule has 1 aromatic heterocycles. The number of pyridine rings is 1. The molecule has 106 valence electrons.